The van der Waals surface area contributed by atoms with Crippen LogP contribution in [-0.2, 0) is 11.3 Å². The molecular formula is C16H22FNO3. The van der Waals surface area contributed by atoms with Gasteiger partial charge in [0.2, 0.25) is 0 Å². The maximum absolute atomic E-state index is 13.6. The van der Waals surface area contributed by atoms with Crippen molar-refractivity contribution in [3.05, 3.63) is 35.1 Å². The Morgan fingerprint density at radius 1 is 1.38 bits per heavy atom. The molecule has 0 saturated carbocycles. The van der Waals surface area contributed by atoms with E-state index in [0.29, 0.717) is 25.1 Å². The maximum Gasteiger partial charge on any atom is 0.124 e. The number of ether oxygens (including phenoxy) is 1. The molecule has 4 nitrogen and oxygen atoms in total. The van der Waals surface area contributed by atoms with Crippen molar-refractivity contribution < 1.29 is 19.3 Å². The van der Waals surface area contributed by atoms with E-state index in [1.807, 2.05) is 18.0 Å². The highest BCUT2D eigenvalue weighted by Crippen LogP contribution is 2.11. The minimum atomic E-state index is -0.572. The first-order valence-electron chi connectivity index (χ1n) is 6.80. The quantitative estimate of drug-likeness (QED) is 0.737. The number of benzene rings is 1. The van der Waals surface area contributed by atoms with Crippen LogP contribution in [0.5, 0.6) is 0 Å². The summed E-state index contributed by atoms with van der Waals surface area (Å²) in [7, 11) is 3.38. The number of rotatable bonds is 7. The fourth-order valence-electron chi connectivity index (χ4n) is 2.02. The predicted molar refractivity (Wildman–Crippen MR) is 79.2 cm³/mol. The van der Waals surface area contributed by atoms with Crippen molar-refractivity contribution >= 4 is 0 Å². The number of aliphatic hydroxyl groups is 2. The van der Waals surface area contributed by atoms with Gasteiger partial charge in [0.25, 0.3) is 0 Å². The second-order valence-corrected chi connectivity index (χ2v) is 4.93. The lowest BCUT2D eigenvalue weighted by atomic mass is 10.1. The van der Waals surface area contributed by atoms with Crippen LogP contribution in [0, 0.1) is 17.7 Å². The summed E-state index contributed by atoms with van der Waals surface area (Å²) in [6.07, 6.45) is -0.202. The van der Waals surface area contributed by atoms with E-state index in [1.165, 1.54) is 19.2 Å². The number of likely N-dealkylation sites (N-methyl/N-ethyl adjacent to an activating group) is 1. The molecule has 0 radical (unpaired) electrons. The third-order valence-electron chi connectivity index (χ3n) is 2.76. The Labute approximate surface area is 125 Å². The summed E-state index contributed by atoms with van der Waals surface area (Å²) in [6, 6.07) is 4.64. The van der Waals surface area contributed by atoms with Gasteiger partial charge in [0, 0.05) is 32.2 Å². The van der Waals surface area contributed by atoms with Gasteiger partial charge in [-0.1, -0.05) is 11.8 Å². The summed E-state index contributed by atoms with van der Waals surface area (Å²) in [5, 5.41) is 18.3. The summed E-state index contributed by atoms with van der Waals surface area (Å²) in [4.78, 5) is 1.89. The highest BCUT2D eigenvalue weighted by Gasteiger charge is 2.09. The van der Waals surface area contributed by atoms with Crippen molar-refractivity contribution in [2.75, 3.05) is 33.9 Å². The van der Waals surface area contributed by atoms with Gasteiger partial charge in [0.15, 0.2) is 0 Å². The Morgan fingerprint density at radius 3 is 2.81 bits per heavy atom. The van der Waals surface area contributed by atoms with Gasteiger partial charge in [0.05, 0.1) is 19.3 Å². The van der Waals surface area contributed by atoms with E-state index in [2.05, 4.69) is 11.8 Å². The number of aliphatic hydroxyl groups excluding tert-OH is 2. The first kappa shape index (κ1) is 17.6. The van der Waals surface area contributed by atoms with Crippen LogP contribution < -0.4 is 0 Å². The topological polar surface area (TPSA) is 52.9 Å². The van der Waals surface area contributed by atoms with E-state index in [0.717, 1.165) is 5.56 Å². The van der Waals surface area contributed by atoms with Gasteiger partial charge in [-0.15, -0.1) is 0 Å². The number of nitrogens with zero attached hydrogens (tertiary/aromatic N) is 1. The first-order valence-corrected chi connectivity index (χ1v) is 6.80. The molecule has 0 aliphatic carbocycles. The first-order chi connectivity index (χ1) is 10.0. The Hall–Kier alpha value is -1.45. The summed E-state index contributed by atoms with van der Waals surface area (Å²) in [5.74, 6) is 5.25. The molecule has 0 aliphatic rings. The molecule has 21 heavy (non-hydrogen) atoms. The van der Waals surface area contributed by atoms with E-state index in [9.17, 15) is 9.50 Å². The minimum Gasteiger partial charge on any atom is -0.395 e. The average molecular weight is 295 g/mol. The van der Waals surface area contributed by atoms with Gasteiger partial charge in [-0.3, -0.25) is 4.90 Å². The number of hydrogen-bond donors (Lipinski definition) is 2. The molecule has 0 amide bonds. The monoisotopic (exact) mass is 295 g/mol. The van der Waals surface area contributed by atoms with Crippen molar-refractivity contribution in [2.45, 2.75) is 19.1 Å². The van der Waals surface area contributed by atoms with Gasteiger partial charge in [0.1, 0.15) is 5.82 Å². The van der Waals surface area contributed by atoms with Gasteiger partial charge in [-0.2, -0.15) is 0 Å². The largest absolute Gasteiger partial charge is 0.395 e. The Kier molecular flexibility index (Phi) is 7.95. The van der Waals surface area contributed by atoms with Crippen LogP contribution in [0.1, 0.15) is 17.5 Å². The minimum absolute atomic E-state index is 0.00466. The molecule has 1 atom stereocenters. The molecule has 1 rings (SSSR count). The molecule has 0 bridgehead atoms. The van der Waals surface area contributed by atoms with Crippen LogP contribution in [0.2, 0.25) is 0 Å². The molecule has 1 aromatic carbocycles. The van der Waals surface area contributed by atoms with Crippen LogP contribution in [-0.4, -0.2) is 55.1 Å². The zero-order chi connectivity index (χ0) is 15.7. The fourth-order valence-corrected chi connectivity index (χ4v) is 2.02. The molecular weight excluding hydrogens is 273 g/mol. The summed E-state index contributed by atoms with van der Waals surface area (Å²) in [6.45, 7) is 1.21. The van der Waals surface area contributed by atoms with Crippen molar-refractivity contribution in [1.82, 2.24) is 4.90 Å². The Morgan fingerprint density at radius 2 is 2.14 bits per heavy atom. The van der Waals surface area contributed by atoms with Gasteiger partial charge in [-0.25, -0.2) is 4.39 Å². The van der Waals surface area contributed by atoms with Gasteiger partial charge in [-0.05, 0) is 30.8 Å². The van der Waals surface area contributed by atoms with Crippen LogP contribution in [0.15, 0.2) is 18.2 Å². The number of hydrogen-bond acceptors (Lipinski definition) is 4. The molecule has 0 spiro atoms. The van der Waals surface area contributed by atoms with Crippen LogP contribution in [0.25, 0.3) is 0 Å². The zero-order valence-electron chi connectivity index (χ0n) is 12.5. The molecule has 5 heteroatoms. The Balaban J connectivity index is 2.68. The molecule has 0 heterocycles. The summed E-state index contributed by atoms with van der Waals surface area (Å²) in [5.41, 5.74) is 1.37. The van der Waals surface area contributed by atoms with Crippen molar-refractivity contribution in [3.63, 3.8) is 0 Å². The fraction of sp³-hybridized carbons (Fsp3) is 0.500. The smallest absolute Gasteiger partial charge is 0.124 e. The van der Waals surface area contributed by atoms with E-state index in [-0.39, 0.29) is 19.0 Å². The highest BCUT2D eigenvalue weighted by atomic mass is 19.1. The van der Waals surface area contributed by atoms with Crippen molar-refractivity contribution in [1.29, 1.82) is 0 Å². The van der Waals surface area contributed by atoms with Gasteiger partial charge >= 0.3 is 0 Å². The second kappa shape index (κ2) is 9.48. The van der Waals surface area contributed by atoms with Crippen LogP contribution in [0.3, 0.4) is 0 Å². The molecule has 0 aromatic heterocycles. The molecule has 0 aliphatic heterocycles. The number of halogens is 1. The van der Waals surface area contributed by atoms with Gasteiger partial charge < -0.3 is 14.9 Å². The normalized spacial score (nSPS) is 12.1. The van der Waals surface area contributed by atoms with Crippen LogP contribution in [0.4, 0.5) is 4.39 Å². The number of methoxy groups -OCH3 is 1. The average Bonchev–Trinajstić information content (AvgIpc) is 2.38. The Bertz CT molecular complexity index is 496. The SMILES string of the molecule is COCC(O)CN(C)Cc1cc(F)cc(C#CCCO)c1. The lowest BCUT2D eigenvalue weighted by Gasteiger charge is -2.20. The molecule has 1 aromatic rings. The third kappa shape index (κ3) is 7.21. The van der Waals surface area contributed by atoms with E-state index >= 15 is 0 Å². The van der Waals surface area contributed by atoms with E-state index < -0.39 is 6.10 Å². The summed E-state index contributed by atoms with van der Waals surface area (Å²) >= 11 is 0. The lowest BCUT2D eigenvalue weighted by Crippen LogP contribution is -2.31. The molecule has 0 saturated heterocycles. The second-order valence-electron chi connectivity index (χ2n) is 4.93. The molecule has 116 valence electrons. The van der Waals surface area contributed by atoms with Crippen LogP contribution >= 0.6 is 0 Å². The molecule has 0 fully saturated rings. The predicted octanol–water partition coefficient (Wildman–Crippen LogP) is 0.999. The van der Waals surface area contributed by atoms with E-state index in [4.69, 9.17) is 9.84 Å². The highest BCUT2D eigenvalue weighted by molar-refractivity contribution is 5.37. The molecule has 2 N–H and O–H groups in total. The summed E-state index contributed by atoms with van der Waals surface area (Å²) < 4.78 is 18.4. The molecule has 1 unspecified atom stereocenters. The lowest BCUT2D eigenvalue weighted by molar-refractivity contribution is 0.0419. The van der Waals surface area contributed by atoms with E-state index in [1.54, 1.807) is 0 Å². The van der Waals surface area contributed by atoms with Crippen molar-refractivity contribution in [2.24, 2.45) is 0 Å². The standard InChI is InChI=1S/C16H22FNO3/c1-18(11-16(20)12-21-2)10-14-7-13(5-3-4-6-19)8-15(17)9-14/h7-9,16,19-20H,4,6,10-12H2,1-2H3. The third-order valence-corrected chi connectivity index (χ3v) is 2.76. The zero-order valence-corrected chi connectivity index (χ0v) is 12.5. The van der Waals surface area contributed by atoms with Crippen molar-refractivity contribution in [3.8, 4) is 11.8 Å². The maximum atomic E-state index is 13.6.